The van der Waals surface area contributed by atoms with Gasteiger partial charge in [-0.15, -0.1) is 0 Å². The van der Waals surface area contributed by atoms with Gasteiger partial charge in [-0.1, -0.05) is 12.8 Å². The SMILES string of the molecule is CCS(=O)(=O)NC(=O)C1CCCCC1N. The smallest absolute Gasteiger partial charge is 0.238 e. The first-order valence-corrected chi connectivity index (χ1v) is 6.91. The third kappa shape index (κ3) is 3.46. The van der Waals surface area contributed by atoms with Gasteiger partial charge in [-0.2, -0.15) is 0 Å². The summed E-state index contributed by atoms with van der Waals surface area (Å²) in [6.45, 7) is 1.50. The van der Waals surface area contributed by atoms with Crippen molar-refractivity contribution < 1.29 is 13.2 Å². The maximum absolute atomic E-state index is 11.6. The lowest BCUT2D eigenvalue weighted by atomic mass is 9.85. The van der Waals surface area contributed by atoms with E-state index in [0.29, 0.717) is 6.42 Å². The molecule has 0 aliphatic heterocycles. The minimum Gasteiger partial charge on any atom is -0.327 e. The summed E-state index contributed by atoms with van der Waals surface area (Å²) in [5.74, 6) is -0.870. The van der Waals surface area contributed by atoms with E-state index in [-0.39, 0.29) is 17.7 Å². The highest BCUT2D eigenvalue weighted by atomic mass is 32.2. The molecule has 88 valence electrons. The highest BCUT2D eigenvalue weighted by Crippen LogP contribution is 2.23. The molecule has 2 atom stereocenters. The van der Waals surface area contributed by atoms with Gasteiger partial charge in [0.1, 0.15) is 0 Å². The van der Waals surface area contributed by atoms with Crippen LogP contribution in [0, 0.1) is 5.92 Å². The van der Waals surface area contributed by atoms with Crippen molar-refractivity contribution in [2.45, 2.75) is 38.6 Å². The molecule has 1 rings (SSSR count). The molecule has 1 saturated carbocycles. The van der Waals surface area contributed by atoms with E-state index in [1.54, 1.807) is 0 Å². The van der Waals surface area contributed by atoms with Crippen molar-refractivity contribution in [2.75, 3.05) is 5.75 Å². The molecule has 0 aromatic heterocycles. The summed E-state index contributed by atoms with van der Waals surface area (Å²) in [7, 11) is -3.45. The van der Waals surface area contributed by atoms with Crippen molar-refractivity contribution in [1.82, 2.24) is 4.72 Å². The van der Waals surface area contributed by atoms with E-state index in [9.17, 15) is 13.2 Å². The van der Waals surface area contributed by atoms with Gasteiger partial charge in [-0.3, -0.25) is 9.52 Å². The molecule has 6 heteroatoms. The predicted molar refractivity (Wildman–Crippen MR) is 57.5 cm³/mol. The predicted octanol–water partition coefficient (Wildman–Crippen LogP) is -0.0302. The standard InChI is InChI=1S/C9H18N2O3S/c1-2-15(13,14)11-9(12)7-5-3-4-6-8(7)10/h7-8H,2-6,10H2,1H3,(H,11,12). The van der Waals surface area contributed by atoms with Gasteiger partial charge in [-0.25, -0.2) is 8.42 Å². The average molecular weight is 234 g/mol. The first kappa shape index (κ1) is 12.4. The zero-order valence-electron chi connectivity index (χ0n) is 8.90. The van der Waals surface area contributed by atoms with Crippen LogP contribution in [0.25, 0.3) is 0 Å². The van der Waals surface area contributed by atoms with Gasteiger partial charge in [-0.05, 0) is 19.8 Å². The first-order chi connectivity index (χ1) is 6.96. The van der Waals surface area contributed by atoms with Crippen molar-refractivity contribution in [3.8, 4) is 0 Å². The normalized spacial score (nSPS) is 27.3. The van der Waals surface area contributed by atoms with Gasteiger partial charge in [0.2, 0.25) is 15.9 Å². The Morgan fingerprint density at radius 3 is 2.53 bits per heavy atom. The Hall–Kier alpha value is -0.620. The summed E-state index contributed by atoms with van der Waals surface area (Å²) in [5.41, 5.74) is 5.78. The van der Waals surface area contributed by atoms with E-state index in [0.717, 1.165) is 19.3 Å². The van der Waals surface area contributed by atoms with Crippen LogP contribution < -0.4 is 10.5 Å². The highest BCUT2D eigenvalue weighted by molar-refractivity contribution is 7.90. The third-order valence-corrected chi connectivity index (χ3v) is 4.06. The summed E-state index contributed by atoms with van der Waals surface area (Å²) in [5, 5.41) is 0. The van der Waals surface area contributed by atoms with E-state index in [4.69, 9.17) is 5.73 Å². The lowest BCUT2D eigenvalue weighted by molar-refractivity contribution is -0.124. The lowest BCUT2D eigenvalue weighted by Crippen LogP contribution is -2.45. The van der Waals surface area contributed by atoms with E-state index < -0.39 is 15.9 Å². The van der Waals surface area contributed by atoms with Crippen LogP contribution in [-0.4, -0.2) is 26.1 Å². The number of amides is 1. The molecule has 0 spiro atoms. The molecule has 0 bridgehead atoms. The van der Waals surface area contributed by atoms with E-state index in [1.807, 2.05) is 0 Å². The van der Waals surface area contributed by atoms with Crippen LogP contribution in [0.2, 0.25) is 0 Å². The molecule has 5 nitrogen and oxygen atoms in total. The molecule has 0 radical (unpaired) electrons. The molecule has 3 N–H and O–H groups in total. The Morgan fingerprint density at radius 1 is 1.40 bits per heavy atom. The number of nitrogens with one attached hydrogen (secondary N) is 1. The van der Waals surface area contributed by atoms with E-state index >= 15 is 0 Å². The van der Waals surface area contributed by atoms with Gasteiger partial charge in [0, 0.05) is 6.04 Å². The Morgan fingerprint density at radius 2 is 2.00 bits per heavy atom. The fourth-order valence-electron chi connectivity index (χ4n) is 1.79. The maximum atomic E-state index is 11.6. The summed E-state index contributed by atoms with van der Waals surface area (Å²) in [4.78, 5) is 11.6. The topological polar surface area (TPSA) is 89.3 Å². The Labute approximate surface area is 90.5 Å². The van der Waals surface area contributed by atoms with Crippen molar-refractivity contribution in [3.05, 3.63) is 0 Å². The third-order valence-electron chi connectivity index (χ3n) is 2.79. The Balaban J connectivity index is 2.60. The molecular formula is C9H18N2O3S. The van der Waals surface area contributed by atoms with Crippen LogP contribution >= 0.6 is 0 Å². The van der Waals surface area contributed by atoms with Crippen LogP contribution in [0.15, 0.2) is 0 Å². The van der Waals surface area contributed by atoms with Crippen LogP contribution in [0.4, 0.5) is 0 Å². The monoisotopic (exact) mass is 234 g/mol. The Bertz CT molecular complexity index is 326. The van der Waals surface area contributed by atoms with Crippen molar-refractivity contribution in [2.24, 2.45) is 11.7 Å². The lowest BCUT2D eigenvalue weighted by Gasteiger charge is -2.27. The van der Waals surface area contributed by atoms with Crippen molar-refractivity contribution >= 4 is 15.9 Å². The maximum Gasteiger partial charge on any atom is 0.238 e. The number of sulfonamides is 1. The molecule has 0 aromatic carbocycles. The molecule has 1 amide bonds. The quantitative estimate of drug-likeness (QED) is 0.717. The molecule has 0 aromatic rings. The van der Waals surface area contributed by atoms with Crippen molar-refractivity contribution in [3.63, 3.8) is 0 Å². The van der Waals surface area contributed by atoms with Gasteiger partial charge in [0.25, 0.3) is 0 Å². The highest BCUT2D eigenvalue weighted by Gasteiger charge is 2.30. The van der Waals surface area contributed by atoms with Gasteiger partial charge < -0.3 is 5.73 Å². The van der Waals surface area contributed by atoms with E-state index in [2.05, 4.69) is 4.72 Å². The summed E-state index contributed by atoms with van der Waals surface area (Å²) >= 11 is 0. The van der Waals surface area contributed by atoms with Gasteiger partial charge in [0.15, 0.2) is 0 Å². The number of rotatable bonds is 3. The zero-order valence-corrected chi connectivity index (χ0v) is 9.72. The van der Waals surface area contributed by atoms with Crippen LogP contribution in [0.3, 0.4) is 0 Å². The second-order valence-electron chi connectivity index (χ2n) is 3.92. The minimum absolute atomic E-state index is 0.0826. The number of carbonyl (C=O) groups excluding carboxylic acids is 1. The zero-order chi connectivity index (χ0) is 11.5. The largest absolute Gasteiger partial charge is 0.327 e. The Kier molecular flexibility index (Phi) is 4.10. The molecule has 0 heterocycles. The molecule has 15 heavy (non-hydrogen) atoms. The van der Waals surface area contributed by atoms with Crippen molar-refractivity contribution in [1.29, 1.82) is 0 Å². The number of nitrogens with two attached hydrogens (primary N) is 1. The van der Waals surface area contributed by atoms with Gasteiger partial charge >= 0.3 is 0 Å². The molecule has 1 fully saturated rings. The second-order valence-corrected chi connectivity index (χ2v) is 5.94. The van der Waals surface area contributed by atoms with Crippen LogP contribution in [0.1, 0.15) is 32.6 Å². The molecule has 2 unspecified atom stereocenters. The second kappa shape index (κ2) is 4.94. The number of hydrogen-bond donors (Lipinski definition) is 2. The summed E-state index contributed by atoms with van der Waals surface area (Å²) in [6.07, 6.45) is 3.44. The van der Waals surface area contributed by atoms with Crippen LogP contribution in [-0.2, 0) is 14.8 Å². The van der Waals surface area contributed by atoms with Crippen LogP contribution in [0.5, 0.6) is 0 Å². The summed E-state index contributed by atoms with van der Waals surface area (Å²) < 4.78 is 24.4. The molecule has 0 saturated heterocycles. The molecule has 1 aliphatic rings. The molecular weight excluding hydrogens is 216 g/mol. The number of carbonyl (C=O) groups is 1. The fourth-order valence-corrected chi connectivity index (χ4v) is 2.39. The average Bonchev–Trinajstić information content (AvgIpc) is 2.17. The first-order valence-electron chi connectivity index (χ1n) is 5.26. The number of hydrogen-bond acceptors (Lipinski definition) is 4. The summed E-state index contributed by atoms with van der Waals surface area (Å²) in [6, 6.07) is -0.203. The fraction of sp³-hybridized carbons (Fsp3) is 0.889. The molecule has 1 aliphatic carbocycles. The van der Waals surface area contributed by atoms with Gasteiger partial charge in [0.05, 0.1) is 11.7 Å². The minimum atomic E-state index is -3.45. The van der Waals surface area contributed by atoms with E-state index in [1.165, 1.54) is 6.92 Å².